The highest BCUT2D eigenvalue weighted by atomic mass is 16.3. The summed E-state index contributed by atoms with van der Waals surface area (Å²) in [4.78, 5) is 28.0. The molecule has 1 aromatic heterocycles. The maximum absolute atomic E-state index is 13.6. The molecule has 0 bridgehead atoms. The Hall–Kier alpha value is -3.38. The quantitative estimate of drug-likeness (QED) is 0.433. The van der Waals surface area contributed by atoms with E-state index in [-0.39, 0.29) is 17.6 Å². The Kier molecular flexibility index (Phi) is 6.71. The van der Waals surface area contributed by atoms with Crippen molar-refractivity contribution in [2.45, 2.75) is 76.1 Å². The molecule has 2 N–H and O–H groups in total. The molecule has 1 saturated carbocycles. The Balaban J connectivity index is 1.35. The summed E-state index contributed by atoms with van der Waals surface area (Å²) in [6.45, 7) is 6.28. The molecule has 2 aliphatic rings. The van der Waals surface area contributed by atoms with Gasteiger partial charge < -0.3 is 19.9 Å². The van der Waals surface area contributed by atoms with Gasteiger partial charge in [0.15, 0.2) is 0 Å². The van der Waals surface area contributed by atoms with Gasteiger partial charge in [-0.3, -0.25) is 4.79 Å². The van der Waals surface area contributed by atoms with Crippen molar-refractivity contribution in [3.63, 3.8) is 0 Å². The second kappa shape index (κ2) is 9.82. The lowest BCUT2D eigenvalue weighted by Crippen LogP contribution is -2.52. The van der Waals surface area contributed by atoms with Gasteiger partial charge in [-0.05, 0) is 74.8 Å². The van der Waals surface area contributed by atoms with Crippen LogP contribution in [0.4, 0.5) is 4.79 Å². The predicted octanol–water partition coefficient (Wildman–Crippen LogP) is 5.77. The molecule has 0 radical (unpaired) electrons. The van der Waals surface area contributed by atoms with E-state index >= 15 is 0 Å². The first-order valence-electron chi connectivity index (χ1n) is 13.3. The second-order valence-corrected chi connectivity index (χ2v) is 11.4. The number of nitrogens with one attached hydrogen (secondary N) is 1. The number of aromatic nitrogens is 1. The summed E-state index contributed by atoms with van der Waals surface area (Å²) in [5.74, 6) is 0. The summed E-state index contributed by atoms with van der Waals surface area (Å²) < 4.78 is 1.82. The van der Waals surface area contributed by atoms with Crippen molar-refractivity contribution < 1.29 is 9.90 Å². The van der Waals surface area contributed by atoms with Crippen molar-refractivity contribution in [2.75, 3.05) is 6.54 Å². The number of rotatable bonds is 7. The first kappa shape index (κ1) is 25.3. The third kappa shape index (κ3) is 5.49. The minimum atomic E-state index is -0.931. The van der Waals surface area contributed by atoms with Gasteiger partial charge in [0.2, 0.25) is 0 Å². The average molecular weight is 500 g/mol. The molecule has 0 spiro atoms. The normalized spacial score (nSPS) is 21.3. The van der Waals surface area contributed by atoms with Crippen molar-refractivity contribution >= 4 is 6.03 Å². The van der Waals surface area contributed by atoms with Gasteiger partial charge in [0.05, 0.1) is 17.2 Å². The molecule has 1 unspecified atom stereocenters. The summed E-state index contributed by atoms with van der Waals surface area (Å²) in [6, 6.07) is 22.0. The number of nitrogens with zero attached hydrogens (tertiary/aromatic N) is 2. The highest BCUT2D eigenvalue weighted by Crippen LogP contribution is 2.38. The van der Waals surface area contributed by atoms with E-state index in [0.29, 0.717) is 19.0 Å². The van der Waals surface area contributed by atoms with E-state index in [1.807, 2.05) is 76.3 Å². The molecule has 6 heteroatoms. The first-order chi connectivity index (χ1) is 17.7. The summed E-state index contributed by atoms with van der Waals surface area (Å²) in [5.41, 5.74) is 2.45. The molecule has 2 aromatic carbocycles. The molecule has 5 rings (SSSR count). The number of benzene rings is 2. The molecule has 194 valence electrons. The molecule has 2 amide bonds. The van der Waals surface area contributed by atoms with Crippen LogP contribution < -0.4 is 10.9 Å². The Bertz CT molecular complexity index is 1310. The molecule has 1 aliphatic carbocycles. The Morgan fingerprint density at radius 2 is 1.73 bits per heavy atom. The Morgan fingerprint density at radius 1 is 1.03 bits per heavy atom. The van der Waals surface area contributed by atoms with Gasteiger partial charge in [0.25, 0.3) is 5.56 Å². The van der Waals surface area contributed by atoms with Crippen molar-refractivity contribution in [3.8, 4) is 11.1 Å². The predicted molar refractivity (Wildman–Crippen MR) is 146 cm³/mol. The molecule has 2 heterocycles. The van der Waals surface area contributed by atoms with E-state index in [0.717, 1.165) is 47.9 Å². The van der Waals surface area contributed by atoms with Gasteiger partial charge in [-0.1, -0.05) is 54.6 Å². The van der Waals surface area contributed by atoms with E-state index in [9.17, 15) is 14.7 Å². The number of urea groups is 1. The maximum Gasteiger partial charge on any atom is 0.318 e. The van der Waals surface area contributed by atoms with Gasteiger partial charge in [-0.2, -0.15) is 0 Å². The van der Waals surface area contributed by atoms with Crippen molar-refractivity contribution in [2.24, 2.45) is 0 Å². The van der Waals surface area contributed by atoms with E-state index in [4.69, 9.17) is 0 Å². The fourth-order valence-corrected chi connectivity index (χ4v) is 5.77. The van der Waals surface area contributed by atoms with Crippen LogP contribution in [-0.4, -0.2) is 32.8 Å². The third-order valence-electron chi connectivity index (χ3n) is 7.75. The number of amides is 2. The number of hydrogen-bond donors (Lipinski definition) is 2. The Morgan fingerprint density at radius 3 is 2.35 bits per heavy atom. The summed E-state index contributed by atoms with van der Waals surface area (Å²) in [6.07, 6.45) is 6.08. The van der Waals surface area contributed by atoms with Crippen LogP contribution in [0.25, 0.3) is 11.1 Å². The molecule has 3 aromatic rings. The fourth-order valence-electron chi connectivity index (χ4n) is 5.77. The summed E-state index contributed by atoms with van der Waals surface area (Å²) in [5, 5.41) is 14.0. The number of carbonyl (C=O) groups excluding carboxylic acids is 1. The topological polar surface area (TPSA) is 74.6 Å². The number of aliphatic hydroxyl groups is 1. The largest absolute Gasteiger partial charge is 0.390 e. The monoisotopic (exact) mass is 499 g/mol. The van der Waals surface area contributed by atoms with Crippen LogP contribution in [-0.2, 0) is 5.54 Å². The first-order valence-corrected chi connectivity index (χ1v) is 13.3. The highest BCUT2D eigenvalue weighted by molar-refractivity contribution is 5.76. The zero-order valence-corrected chi connectivity index (χ0v) is 22.0. The smallest absolute Gasteiger partial charge is 0.318 e. The summed E-state index contributed by atoms with van der Waals surface area (Å²) >= 11 is 0. The number of carbonyl (C=O) groups is 1. The van der Waals surface area contributed by atoms with E-state index in [1.54, 1.807) is 19.9 Å². The molecule has 1 aliphatic heterocycles. The number of hydrogen-bond acceptors (Lipinski definition) is 3. The minimum Gasteiger partial charge on any atom is -0.390 e. The number of pyridine rings is 1. The molecule has 2 fully saturated rings. The lowest BCUT2D eigenvalue weighted by atomic mass is 9.77. The van der Waals surface area contributed by atoms with Crippen LogP contribution in [0.2, 0.25) is 0 Å². The van der Waals surface area contributed by atoms with Crippen molar-refractivity contribution in [1.82, 2.24) is 14.8 Å². The minimum absolute atomic E-state index is 0.0478. The van der Waals surface area contributed by atoms with Gasteiger partial charge >= 0.3 is 6.03 Å². The van der Waals surface area contributed by atoms with E-state index in [2.05, 4.69) is 12.2 Å². The molecular weight excluding hydrogens is 462 g/mol. The van der Waals surface area contributed by atoms with Gasteiger partial charge in [-0.25, -0.2) is 4.79 Å². The maximum atomic E-state index is 13.6. The van der Waals surface area contributed by atoms with Crippen molar-refractivity contribution in [3.05, 3.63) is 94.4 Å². The Labute approximate surface area is 218 Å². The average Bonchev–Trinajstić information content (AvgIpc) is 3.72. The van der Waals surface area contributed by atoms with Crippen LogP contribution in [0.15, 0.2) is 77.7 Å². The third-order valence-corrected chi connectivity index (χ3v) is 7.75. The lowest BCUT2D eigenvalue weighted by Gasteiger charge is -2.39. The molecule has 37 heavy (non-hydrogen) atoms. The van der Waals surface area contributed by atoms with Gasteiger partial charge in [-0.15, -0.1) is 0 Å². The van der Waals surface area contributed by atoms with Crippen LogP contribution >= 0.6 is 0 Å². The molecular formula is C31H37N3O3. The fraction of sp³-hybridized carbons (Fsp3) is 0.419. The van der Waals surface area contributed by atoms with Crippen molar-refractivity contribution in [1.29, 1.82) is 0 Å². The summed E-state index contributed by atoms with van der Waals surface area (Å²) in [7, 11) is 0. The molecule has 1 saturated heterocycles. The zero-order valence-electron chi connectivity index (χ0n) is 22.0. The van der Waals surface area contributed by atoms with Crippen LogP contribution in [0.5, 0.6) is 0 Å². The van der Waals surface area contributed by atoms with Gasteiger partial charge in [0, 0.05) is 31.3 Å². The SMILES string of the molecule is C[C@@H](c1ccc(-c2ccn(C3CC3)c(=O)c2)cc1)N1CCCC(CC(C)(C)O)(c2ccccc2)NC1=O. The zero-order chi connectivity index (χ0) is 26.2. The molecule has 6 nitrogen and oxygen atoms in total. The molecule has 2 atom stereocenters. The lowest BCUT2D eigenvalue weighted by molar-refractivity contribution is 0.0357. The van der Waals surface area contributed by atoms with Crippen LogP contribution in [0, 0.1) is 0 Å². The van der Waals surface area contributed by atoms with E-state index in [1.165, 1.54) is 0 Å². The standard InChI is InChI=1S/C31H37N3O3/c1-22(23-10-12-24(13-11-23)25-16-19-34(27-14-15-27)28(35)20-25)33-18-7-17-31(32-29(33)36,21-30(2,3)37)26-8-5-4-6-9-26/h4-6,8-13,16,19-20,22,27,37H,7,14-15,17-18,21H2,1-3H3,(H,32,36)/t22-,31?/m0/s1. The van der Waals surface area contributed by atoms with Crippen LogP contribution in [0.1, 0.15) is 76.1 Å². The highest BCUT2D eigenvalue weighted by Gasteiger charge is 2.42. The van der Waals surface area contributed by atoms with Gasteiger partial charge in [0.1, 0.15) is 0 Å². The van der Waals surface area contributed by atoms with E-state index < -0.39 is 11.1 Å². The van der Waals surface area contributed by atoms with Crippen LogP contribution in [0.3, 0.4) is 0 Å². The second-order valence-electron chi connectivity index (χ2n) is 11.4.